The van der Waals surface area contributed by atoms with E-state index in [1.54, 1.807) is 0 Å². The Morgan fingerprint density at radius 2 is 1.87 bits per heavy atom. The monoisotopic (exact) mass is 211 g/mol. The van der Waals surface area contributed by atoms with Crippen LogP contribution in [0.4, 0.5) is 0 Å². The fourth-order valence-electron chi connectivity index (χ4n) is 2.37. The van der Waals surface area contributed by atoms with Crippen LogP contribution in [0.1, 0.15) is 64.7 Å². The van der Waals surface area contributed by atoms with Gasteiger partial charge in [0.15, 0.2) is 0 Å². The topological polar surface area (TPSA) is 20.3 Å². The van der Waals surface area contributed by atoms with E-state index in [1.165, 1.54) is 44.9 Å². The lowest BCUT2D eigenvalue weighted by atomic mass is 10.1. The lowest BCUT2D eigenvalue weighted by Crippen LogP contribution is -2.34. The summed E-state index contributed by atoms with van der Waals surface area (Å²) in [6.45, 7) is 2.20. The van der Waals surface area contributed by atoms with Gasteiger partial charge in [-0.05, 0) is 19.3 Å². The molecular formula is C13H25NO. The Morgan fingerprint density at radius 3 is 2.47 bits per heavy atom. The number of nitrogens with zero attached hydrogens (tertiary/aromatic N) is 1. The third kappa shape index (κ3) is 4.23. The summed E-state index contributed by atoms with van der Waals surface area (Å²) in [7, 11) is 1.98. The average molecular weight is 211 g/mol. The van der Waals surface area contributed by atoms with Gasteiger partial charge in [0.05, 0.1) is 0 Å². The summed E-state index contributed by atoms with van der Waals surface area (Å²) in [6, 6.07) is 0.545. The molecule has 0 saturated heterocycles. The van der Waals surface area contributed by atoms with Crippen LogP contribution >= 0.6 is 0 Å². The second-order valence-corrected chi connectivity index (χ2v) is 4.75. The number of rotatable bonds is 6. The van der Waals surface area contributed by atoms with Crippen LogP contribution in [0.2, 0.25) is 0 Å². The summed E-state index contributed by atoms with van der Waals surface area (Å²) < 4.78 is 0. The van der Waals surface area contributed by atoms with Gasteiger partial charge in [-0.25, -0.2) is 0 Å². The Balaban J connectivity index is 2.14. The van der Waals surface area contributed by atoms with Gasteiger partial charge in [-0.2, -0.15) is 0 Å². The molecule has 1 rings (SSSR count). The average Bonchev–Trinajstić information content (AvgIpc) is 2.76. The molecule has 1 saturated carbocycles. The minimum Gasteiger partial charge on any atom is -0.343 e. The molecule has 0 bridgehead atoms. The lowest BCUT2D eigenvalue weighted by molar-refractivity contribution is -0.132. The molecule has 1 aliphatic carbocycles. The maximum absolute atomic E-state index is 11.8. The molecule has 1 fully saturated rings. The molecular weight excluding hydrogens is 186 g/mol. The fourth-order valence-corrected chi connectivity index (χ4v) is 2.37. The van der Waals surface area contributed by atoms with Crippen molar-refractivity contribution in [3.8, 4) is 0 Å². The first-order chi connectivity index (χ1) is 7.25. The maximum Gasteiger partial charge on any atom is 0.222 e. The van der Waals surface area contributed by atoms with Gasteiger partial charge in [0, 0.05) is 19.5 Å². The molecule has 0 atom stereocenters. The van der Waals surface area contributed by atoms with Crippen LogP contribution in [0.25, 0.3) is 0 Å². The molecule has 2 heteroatoms. The molecule has 0 aliphatic heterocycles. The Bertz CT molecular complexity index is 185. The van der Waals surface area contributed by atoms with E-state index in [0.717, 1.165) is 12.8 Å². The largest absolute Gasteiger partial charge is 0.343 e. The van der Waals surface area contributed by atoms with E-state index in [2.05, 4.69) is 6.92 Å². The van der Waals surface area contributed by atoms with Crippen molar-refractivity contribution in [3.05, 3.63) is 0 Å². The van der Waals surface area contributed by atoms with Crippen molar-refractivity contribution < 1.29 is 4.79 Å². The standard InChI is InChI=1S/C13H25NO/c1-3-4-5-6-11-13(15)14(2)12-9-7-8-10-12/h12H,3-11H2,1-2H3. The number of hydrogen-bond donors (Lipinski definition) is 0. The first kappa shape index (κ1) is 12.5. The minimum absolute atomic E-state index is 0.359. The summed E-state index contributed by atoms with van der Waals surface area (Å²) in [5, 5.41) is 0. The van der Waals surface area contributed by atoms with Gasteiger partial charge in [-0.1, -0.05) is 39.0 Å². The minimum atomic E-state index is 0.359. The van der Waals surface area contributed by atoms with Crippen molar-refractivity contribution in [2.45, 2.75) is 70.8 Å². The van der Waals surface area contributed by atoms with Crippen LogP contribution in [0.3, 0.4) is 0 Å². The molecule has 0 aromatic carbocycles. The highest BCUT2D eigenvalue weighted by Gasteiger charge is 2.22. The lowest BCUT2D eigenvalue weighted by Gasteiger charge is -2.24. The molecule has 1 amide bonds. The first-order valence-corrected chi connectivity index (χ1v) is 6.51. The summed E-state index contributed by atoms with van der Waals surface area (Å²) in [5.41, 5.74) is 0. The van der Waals surface area contributed by atoms with Crippen molar-refractivity contribution in [2.75, 3.05) is 7.05 Å². The van der Waals surface area contributed by atoms with Gasteiger partial charge in [-0.3, -0.25) is 4.79 Å². The van der Waals surface area contributed by atoms with Gasteiger partial charge in [0.25, 0.3) is 0 Å². The number of carbonyl (C=O) groups is 1. The number of amides is 1. The summed E-state index contributed by atoms with van der Waals surface area (Å²) >= 11 is 0. The summed E-state index contributed by atoms with van der Waals surface area (Å²) in [6.07, 6.45) is 10.6. The number of unbranched alkanes of at least 4 members (excludes halogenated alkanes) is 3. The van der Waals surface area contributed by atoms with Crippen molar-refractivity contribution in [1.82, 2.24) is 4.90 Å². The third-order valence-corrected chi connectivity index (χ3v) is 3.51. The molecule has 15 heavy (non-hydrogen) atoms. The molecule has 2 nitrogen and oxygen atoms in total. The van der Waals surface area contributed by atoms with E-state index in [9.17, 15) is 4.79 Å². The van der Waals surface area contributed by atoms with Crippen LogP contribution in [0.15, 0.2) is 0 Å². The molecule has 0 N–H and O–H groups in total. The van der Waals surface area contributed by atoms with E-state index in [1.807, 2.05) is 11.9 Å². The van der Waals surface area contributed by atoms with Crippen molar-refractivity contribution in [2.24, 2.45) is 0 Å². The Hall–Kier alpha value is -0.530. The van der Waals surface area contributed by atoms with Crippen LogP contribution in [-0.4, -0.2) is 23.9 Å². The number of carbonyl (C=O) groups excluding carboxylic acids is 1. The third-order valence-electron chi connectivity index (χ3n) is 3.51. The smallest absolute Gasteiger partial charge is 0.222 e. The van der Waals surface area contributed by atoms with E-state index in [-0.39, 0.29) is 0 Å². The summed E-state index contributed by atoms with van der Waals surface area (Å²) in [5.74, 6) is 0.359. The maximum atomic E-state index is 11.8. The highest BCUT2D eigenvalue weighted by molar-refractivity contribution is 5.76. The Kier molecular flexibility index (Phi) is 5.74. The Labute approximate surface area is 94.0 Å². The molecule has 0 aromatic rings. The van der Waals surface area contributed by atoms with Crippen LogP contribution in [-0.2, 0) is 4.79 Å². The van der Waals surface area contributed by atoms with Gasteiger partial charge in [0.2, 0.25) is 5.91 Å². The van der Waals surface area contributed by atoms with Crippen molar-refractivity contribution in [1.29, 1.82) is 0 Å². The number of hydrogen-bond acceptors (Lipinski definition) is 1. The highest BCUT2D eigenvalue weighted by atomic mass is 16.2. The molecule has 0 heterocycles. The fraction of sp³-hybridized carbons (Fsp3) is 0.923. The van der Waals surface area contributed by atoms with Crippen LogP contribution in [0, 0.1) is 0 Å². The zero-order valence-corrected chi connectivity index (χ0v) is 10.3. The van der Waals surface area contributed by atoms with Gasteiger partial charge in [0.1, 0.15) is 0 Å². The van der Waals surface area contributed by atoms with Crippen LogP contribution in [0.5, 0.6) is 0 Å². The van der Waals surface area contributed by atoms with E-state index >= 15 is 0 Å². The zero-order valence-electron chi connectivity index (χ0n) is 10.3. The second-order valence-electron chi connectivity index (χ2n) is 4.75. The van der Waals surface area contributed by atoms with Gasteiger partial charge in [-0.15, -0.1) is 0 Å². The second kappa shape index (κ2) is 6.86. The Morgan fingerprint density at radius 1 is 1.20 bits per heavy atom. The predicted molar refractivity (Wildman–Crippen MR) is 63.8 cm³/mol. The molecule has 88 valence electrons. The van der Waals surface area contributed by atoms with E-state index in [0.29, 0.717) is 11.9 Å². The van der Waals surface area contributed by atoms with E-state index < -0.39 is 0 Å². The SMILES string of the molecule is CCCCCCC(=O)N(C)C1CCCC1. The normalized spacial score (nSPS) is 16.9. The van der Waals surface area contributed by atoms with Gasteiger partial charge >= 0.3 is 0 Å². The summed E-state index contributed by atoms with van der Waals surface area (Å²) in [4.78, 5) is 13.8. The van der Waals surface area contributed by atoms with Crippen molar-refractivity contribution in [3.63, 3.8) is 0 Å². The molecule has 0 unspecified atom stereocenters. The molecule has 1 aliphatic rings. The van der Waals surface area contributed by atoms with Crippen LogP contribution < -0.4 is 0 Å². The predicted octanol–water partition coefficient (Wildman–Crippen LogP) is 3.36. The quantitative estimate of drug-likeness (QED) is 0.617. The van der Waals surface area contributed by atoms with Gasteiger partial charge < -0.3 is 4.90 Å². The molecule has 0 aromatic heterocycles. The molecule has 0 radical (unpaired) electrons. The molecule has 0 spiro atoms. The van der Waals surface area contributed by atoms with Crippen molar-refractivity contribution >= 4 is 5.91 Å². The zero-order chi connectivity index (χ0) is 11.1. The first-order valence-electron chi connectivity index (χ1n) is 6.51. The van der Waals surface area contributed by atoms with E-state index in [4.69, 9.17) is 0 Å². The highest BCUT2D eigenvalue weighted by Crippen LogP contribution is 2.23.